The van der Waals surface area contributed by atoms with E-state index in [9.17, 15) is 8.42 Å². The van der Waals surface area contributed by atoms with Crippen LogP contribution in [-0.4, -0.2) is 18.6 Å². The lowest BCUT2D eigenvalue weighted by atomic mass is 10.1. The average molecular weight is 301 g/mol. The number of aromatic nitrogens is 2. The second kappa shape index (κ2) is 4.69. The smallest absolute Gasteiger partial charge is 0.246 e. The zero-order valence-corrected chi connectivity index (χ0v) is 12.7. The van der Waals surface area contributed by atoms with Crippen molar-refractivity contribution >= 4 is 21.4 Å². The molecule has 2 heterocycles. The SMILES string of the molecule is Cc1noc(C)c1S(=O)(=O)NC(C)(C)c1nccs1. The third-order valence-electron chi connectivity index (χ3n) is 2.59. The number of sulfonamides is 1. The van der Waals surface area contributed by atoms with Gasteiger partial charge in [-0.3, -0.25) is 0 Å². The lowest BCUT2D eigenvalue weighted by molar-refractivity contribution is 0.390. The molecule has 0 aromatic carbocycles. The summed E-state index contributed by atoms with van der Waals surface area (Å²) in [5, 5.41) is 6.17. The minimum absolute atomic E-state index is 0.0946. The highest BCUT2D eigenvalue weighted by molar-refractivity contribution is 7.89. The number of rotatable bonds is 4. The monoisotopic (exact) mass is 301 g/mol. The minimum atomic E-state index is -3.70. The zero-order chi connectivity index (χ0) is 14.3. The molecular weight excluding hydrogens is 286 g/mol. The first-order chi connectivity index (χ1) is 8.74. The molecule has 0 spiro atoms. The van der Waals surface area contributed by atoms with Crippen molar-refractivity contribution in [2.45, 2.75) is 38.1 Å². The van der Waals surface area contributed by atoms with Gasteiger partial charge in [-0.2, -0.15) is 4.72 Å². The highest BCUT2D eigenvalue weighted by Crippen LogP contribution is 2.26. The molecule has 2 rings (SSSR count). The summed E-state index contributed by atoms with van der Waals surface area (Å²) in [4.78, 5) is 4.25. The summed E-state index contributed by atoms with van der Waals surface area (Å²) in [6.07, 6.45) is 1.64. The van der Waals surface area contributed by atoms with Gasteiger partial charge in [0.15, 0.2) is 5.76 Å². The number of nitrogens with zero attached hydrogens (tertiary/aromatic N) is 2. The van der Waals surface area contributed by atoms with Crippen molar-refractivity contribution in [3.05, 3.63) is 28.0 Å². The Balaban J connectivity index is 2.38. The molecule has 0 saturated carbocycles. The highest BCUT2D eigenvalue weighted by atomic mass is 32.2. The Kier molecular flexibility index (Phi) is 3.50. The minimum Gasteiger partial charge on any atom is -0.360 e. The van der Waals surface area contributed by atoms with Gasteiger partial charge in [-0.05, 0) is 27.7 Å². The molecule has 0 unspecified atom stereocenters. The lowest BCUT2D eigenvalue weighted by Gasteiger charge is -2.23. The maximum Gasteiger partial charge on any atom is 0.246 e. The van der Waals surface area contributed by atoms with Gasteiger partial charge in [0.2, 0.25) is 10.0 Å². The van der Waals surface area contributed by atoms with Crippen molar-refractivity contribution in [1.29, 1.82) is 0 Å². The van der Waals surface area contributed by atoms with Gasteiger partial charge in [-0.25, -0.2) is 13.4 Å². The van der Waals surface area contributed by atoms with E-state index in [4.69, 9.17) is 4.52 Å². The Morgan fingerprint density at radius 3 is 2.53 bits per heavy atom. The lowest BCUT2D eigenvalue weighted by Crippen LogP contribution is -2.41. The summed E-state index contributed by atoms with van der Waals surface area (Å²) in [6.45, 7) is 6.70. The fourth-order valence-electron chi connectivity index (χ4n) is 1.82. The van der Waals surface area contributed by atoms with E-state index in [-0.39, 0.29) is 10.7 Å². The van der Waals surface area contributed by atoms with Crippen LogP contribution in [0.4, 0.5) is 0 Å². The molecule has 8 heteroatoms. The number of hydrogen-bond acceptors (Lipinski definition) is 6. The van der Waals surface area contributed by atoms with Crippen LogP contribution in [0.2, 0.25) is 0 Å². The van der Waals surface area contributed by atoms with Crippen LogP contribution in [0.15, 0.2) is 21.0 Å². The zero-order valence-electron chi connectivity index (χ0n) is 11.1. The number of hydrogen-bond donors (Lipinski definition) is 1. The summed E-state index contributed by atoms with van der Waals surface area (Å²) >= 11 is 1.40. The summed E-state index contributed by atoms with van der Waals surface area (Å²) in [5.74, 6) is 0.278. The van der Waals surface area contributed by atoms with Crippen molar-refractivity contribution in [2.24, 2.45) is 0 Å². The van der Waals surface area contributed by atoms with Gasteiger partial charge in [0.05, 0.1) is 5.54 Å². The van der Waals surface area contributed by atoms with E-state index in [1.165, 1.54) is 11.3 Å². The molecule has 0 aliphatic carbocycles. The first kappa shape index (κ1) is 14.2. The second-order valence-corrected chi connectivity index (χ2v) is 7.23. The molecule has 0 radical (unpaired) electrons. The van der Waals surface area contributed by atoms with E-state index in [0.717, 1.165) is 0 Å². The van der Waals surface area contributed by atoms with E-state index in [1.807, 2.05) is 0 Å². The average Bonchev–Trinajstić information content (AvgIpc) is 2.86. The molecule has 0 atom stereocenters. The van der Waals surface area contributed by atoms with E-state index < -0.39 is 15.6 Å². The van der Waals surface area contributed by atoms with Crippen LogP contribution in [0, 0.1) is 13.8 Å². The molecular formula is C11H15N3O3S2. The molecule has 1 N–H and O–H groups in total. The molecule has 0 amide bonds. The molecule has 0 fully saturated rings. The van der Waals surface area contributed by atoms with E-state index in [0.29, 0.717) is 10.7 Å². The Labute approximate surface area is 115 Å². The quantitative estimate of drug-likeness (QED) is 0.933. The first-order valence-electron chi connectivity index (χ1n) is 5.61. The third kappa shape index (κ3) is 2.70. The van der Waals surface area contributed by atoms with Gasteiger partial charge in [-0.15, -0.1) is 11.3 Å². The van der Waals surface area contributed by atoms with Gasteiger partial charge >= 0.3 is 0 Å². The van der Waals surface area contributed by atoms with Gasteiger partial charge in [0, 0.05) is 11.6 Å². The summed E-state index contributed by atoms with van der Waals surface area (Å²) < 4.78 is 32.4. The van der Waals surface area contributed by atoms with Crippen LogP contribution < -0.4 is 4.72 Å². The number of aryl methyl sites for hydroxylation is 2. The van der Waals surface area contributed by atoms with Gasteiger partial charge < -0.3 is 4.52 Å². The van der Waals surface area contributed by atoms with Crippen molar-refractivity contribution < 1.29 is 12.9 Å². The third-order valence-corrected chi connectivity index (χ3v) is 5.59. The van der Waals surface area contributed by atoms with Crippen LogP contribution in [0.1, 0.15) is 30.3 Å². The van der Waals surface area contributed by atoms with E-state index in [2.05, 4.69) is 14.9 Å². The molecule has 6 nitrogen and oxygen atoms in total. The van der Waals surface area contributed by atoms with Gasteiger partial charge in [0.25, 0.3) is 0 Å². The molecule has 0 saturated heterocycles. The van der Waals surface area contributed by atoms with Gasteiger partial charge in [-0.1, -0.05) is 5.16 Å². The van der Waals surface area contributed by atoms with E-state index in [1.54, 1.807) is 39.3 Å². The largest absolute Gasteiger partial charge is 0.360 e. The van der Waals surface area contributed by atoms with E-state index >= 15 is 0 Å². The summed E-state index contributed by atoms with van der Waals surface area (Å²) in [5.41, 5.74) is -0.441. The van der Waals surface area contributed by atoms with Crippen LogP contribution in [0.25, 0.3) is 0 Å². The molecule has 19 heavy (non-hydrogen) atoms. The van der Waals surface area contributed by atoms with Crippen LogP contribution in [-0.2, 0) is 15.6 Å². The summed E-state index contributed by atoms with van der Waals surface area (Å²) in [7, 11) is -3.70. The fraction of sp³-hybridized carbons (Fsp3) is 0.455. The molecule has 0 bridgehead atoms. The normalized spacial score (nSPS) is 12.8. The topological polar surface area (TPSA) is 85.1 Å². The predicted octanol–water partition coefficient (Wildman–Crippen LogP) is 1.96. The Morgan fingerprint density at radius 1 is 1.37 bits per heavy atom. The number of nitrogens with one attached hydrogen (secondary N) is 1. The van der Waals surface area contributed by atoms with Gasteiger partial charge in [0.1, 0.15) is 15.6 Å². The number of thiazole rings is 1. The van der Waals surface area contributed by atoms with Crippen molar-refractivity contribution in [2.75, 3.05) is 0 Å². The Morgan fingerprint density at radius 2 is 2.05 bits per heavy atom. The van der Waals surface area contributed by atoms with Crippen molar-refractivity contribution in [3.63, 3.8) is 0 Å². The highest BCUT2D eigenvalue weighted by Gasteiger charge is 2.33. The second-order valence-electron chi connectivity index (χ2n) is 4.72. The maximum absolute atomic E-state index is 12.4. The molecule has 2 aromatic rings. The predicted molar refractivity (Wildman–Crippen MR) is 71.4 cm³/mol. The standard InChI is InChI=1S/C11H15N3O3S2/c1-7-9(8(2)17-13-7)19(15,16)14-11(3,4)10-12-5-6-18-10/h5-6,14H,1-4H3. The first-order valence-corrected chi connectivity index (χ1v) is 7.97. The maximum atomic E-state index is 12.4. The van der Waals surface area contributed by atoms with Crippen LogP contribution in [0.3, 0.4) is 0 Å². The Bertz CT molecular complexity index is 653. The molecule has 0 aliphatic heterocycles. The van der Waals surface area contributed by atoms with Crippen molar-refractivity contribution in [3.8, 4) is 0 Å². The fourth-order valence-corrected chi connectivity index (χ4v) is 4.32. The molecule has 2 aromatic heterocycles. The van der Waals surface area contributed by atoms with Crippen molar-refractivity contribution in [1.82, 2.24) is 14.9 Å². The van der Waals surface area contributed by atoms with Crippen LogP contribution >= 0.6 is 11.3 Å². The Hall–Kier alpha value is -1.25. The summed E-state index contributed by atoms with van der Waals surface area (Å²) in [6, 6.07) is 0. The van der Waals surface area contributed by atoms with Crippen LogP contribution in [0.5, 0.6) is 0 Å². The molecule has 104 valence electrons. The molecule has 0 aliphatic rings.